The highest BCUT2D eigenvalue weighted by Gasteiger charge is 2.18. The molecule has 0 amide bonds. The van der Waals surface area contributed by atoms with Gasteiger partial charge in [0.05, 0.1) is 11.5 Å². The van der Waals surface area contributed by atoms with E-state index in [2.05, 4.69) is 4.72 Å². The second-order valence-corrected chi connectivity index (χ2v) is 5.22. The molecule has 0 heterocycles. The number of nitrogens with one attached hydrogen (secondary N) is 1. The fraction of sp³-hybridized carbons (Fsp3) is 0.400. The summed E-state index contributed by atoms with van der Waals surface area (Å²) in [6.45, 7) is 3.22. The molecule has 2 N–H and O–H groups in total. The van der Waals surface area contributed by atoms with Crippen LogP contribution in [-0.2, 0) is 16.6 Å². The molecule has 1 rings (SSSR count). The predicted octanol–water partition coefficient (Wildman–Crippen LogP) is 0.866. The molecule has 0 aliphatic carbocycles. The van der Waals surface area contributed by atoms with Crippen LogP contribution in [0.15, 0.2) is 29.2 Å². The van der Waals surface area contributed by atoms with E-state index in [-0.39, 0.29) is 17.5 Å². The van der Waals surface area contributed by atoms with Gasteiger partial charge in [-0.1, -0.05) is 18.2 Å². The highest BCUT2D eigenvalue weighted by atomic mass is 32.2. The number of hydrogen-bond acceptors (Lipinski definition) is 3. The third kappa shape index (κ3) is 3.02. The standard InChI is InChI=1S/C10H15NO3S/c1-8(2)11-15(13,14)10-6-4-3-5-9(10)7-12/h3-6,8,11-12H,7H2,1-2H3. The normalized spacial score (nSPS) is 12.0. The minimum atomic E-state index is -3.51. The van der Waals surface area contributed by atoms with Crippen molar-refractivity contribution in [2.75, 3.05) is 0 Å². The molecule has 0 radical (unpaired) electrons. The van der Waals surface area contributed by atoms with Gasteiger partial charge in [0.2, 0.25) is 10.0 Å². The molecule has 0 spiro atoms. The van der Waals surface area contributed by atoms with Crippen LogP contribution in [0.1, 0.15) is 19.4 Å². The molecule has 0 aliphatic heterocycles. The van der Waals surface area contributed by atoms with Crippen LogP contribution in [0.5, 0.6) is 0 Å². The Hall–Kier alpha value is -0.910. The second-order valence-electron chi connectivity index (χ2n) is 3.54. The minimum absolute atomic E-state index is 0.140. The first-order chi connectivity index (χ1) is 6.97. The molecule has 0 unspecified atom stereocenters. The Morgan fingerprint density at radius 2 is 1.93 bits per heavy atom. The molecule has 84 valence electrons. The summed E-state index contributed by atoms with van der Waals surface area (Å²) in [6.07, 6.45) is 0. The van der Waals surface area contributed by atoms with Crippen LogP contribution in [0, 0.1) is 0 Å². The Bertz CT molecular complexity index is 426. The van der Waals surface area contributed by atoms with Crippen LogP contribution in [0.2, 0.25) is 0 Å². The van der Waals surface area contributed by atoms with E-state index in [4.69, 9.17) is 5.11 Å². The molecular formula is C10H15NO3S. The third-order valence-electron chi connectivity index (χ3n) is 1.82. The van der Waals surface area contributed by atoms with Gasteiger partial charge in [0.1, 0.15) is 0 Å². The SMILES string of the molecule is CC(C)NS(=O)(=O)c1ccccc1CO. The summed E-state index contributed by atoms with van der Waals surface area (Å²) in [6, 6.07) is 6.24. The van der Waals surface area contributed by atoms with Crippen molar-refractivity contribution in [3.05, 3.63) is 29.8 Å². The third-order valence-corrected chi connectivity index (χ3v) is 3.58. The van der Waals surface area contributed by atoms with Crippen LogP contribution in [-0.4, -0.2) is 19.6 Å². The van der Waals surface area contributed by atoms with Crippen molar-refractivity contribution in [1.29, 1.82) is 0 Å². The number of sulfonamides is 1. The number of aliphatic hydroxyl groups excluding tert-OH is 1. The zero-order valence-corrected chi connectivity index (χ0v) is 9.58. The van der Waals surface area contributed by atoms with Crippen molar-refractivity contribution in [3.8, 4) is 0 Å². The van der Waals surface area contributed by atoms with E-state index in [1.807, 2.05) is 0 Å². The van der Waals surface area contributed by atoms with Gasteiger partial charge < -0.3 is 5.11 Å². The fourth-order valence-corrected chi connectivity index (χ4v) is 2.75. The summed E-state index contributed by atoms with van der Waals surface area (Å²) < 4.78 is 26.1. The van der Waals surface area contributed by atoms with Gasteiger partial charge in [0.15, 0.2) is 0 Å². The Morgan fingerprint density at radius 3 is 2.47 bits per heavy atom. The highest BCUT2D eigenvalue weighted by molar-refractivity contribution is 7.89. The lowest BCUT2D eigenvalue weighted by atomic mass is 10.2. The lowest BCUT2D eigenvalue weighted by Gasteiger charge is -2.11. The molecular weight excluding hydrogens is 214 g/mol. The molecule has 0 aliphatic rings. The summed E-state index contributed by atoms with van der Waals surface area (Å²) in [5, 5.41) is 9.02. The van der Waals surface area contributed by atoms with Gasteiger partial charge in [-0.15, -0.1) is 0 Å². The highest BCUT2D eigenvalue weighted by Crippen LogP contribution is 2.15. The van der Waals surface area contributed by atoms with Gasteiger partial charge in [-0.05, 0) is 25.5 Å². The monoisotopic (exact) mass is 229 g/mol. The maximum absolute atomic E-state index is 11.8. The molecule has 0 saturated carbocycles. The average molecular weight is 229 g/mol. The lowest BCUT2D eigenvalue weighted by molar-refractivity contribution is 0.278. The zero-order chi connectivity index (χ0) is 11.5. The van der Waals surface area contributed by atoms with Gasteiger partial charge in [-0.25, -0.2) is 13.1 Å². The quantitative estimate of drug-likeness (QED) is 0.805. The average Bonchev–Trinajstić information content (AvgIpc) is 2.16. The first kappa shape index (κ1) is 12.2. The molecule has 0 atom stereocenters. The molecule has 1 aromatic carbocycles. The molecule has 0 bridgehead atoms. The fourth-order valence-electron chi connectivity index (χ4n) is 1.27. The van der Waals surface area contributed by atoms with Gasteiger partial charge >= 0.3 is 0 Å². The van der Waals surface area contributed by atoms with E-state index in [1.165, 1.54) is 6.07 Å². The van der Waals surface area contributed by atoms with Crippen LogP contribution >= 0.6 is 0 Å². The molecule has 0 fully saturated rings. The van der Waals surface area contributed by atoms with Crippen LogP contribution in [0.3, 0.4) is 0 Å². The second kappa shape index (κ2) is 4.74. The molecule has 0 aromatic heterocycles. The number of aliphatic hydroxyl groups is 1. The molecule has 5 heteroatoms. The van der Waals surface area contributed by atoms with Gasteiger partial charge in [0, 0.05) is 6.04 Å². The van der Waals surface area contributed by atoms with Gasteiger partial charge in [-0.2, -0.15) is 0 Å². The van der Waals surface area contributed by atoms with E-state index in [1.54, 1.807) is 32.0 Å². The van der Waals surface area contributed by atoms with Crippen LogP contribution in [0.25, 0.3) is 0 Å². The van der Waals surface area contributed by atoms with Crippen LogP contribution in [0.4, 0.5) is 0 Å². The van der Waals surface area contributed by atoms with Crippen molar-refractivity contribution in [1.82, 2.24) is 4.72 Å². The van der Waals surface area contributed by atoms with Crippen molar-refractivity contribution in [2.45, 2.75) is 31.4 Å². The molecule has 4 nitrogen and oxygen atoms in total. The van der Waals surface area contributed by atoms with Crippen molar-refractivity contribution < 1.29 is 13.5 Å². The zero-order valence-electron chi connectivity index (χ0n) is 8.77. The van der Waals surface area contributed by atoms with Crippen LogP contribution < -0.4 is 4.72 Å². The summed E-state index contributed by atoms with van der Waals surface area (Å²) in [5.74, 6) is 0. The topological polar surface area (TPSA) is 66.4 Å². The number of benzene rings is 1. The maximum atomic E-state index is 11.8. The smallest absolute Gasteiger partial charge is 0.241 e. The Labute approximate surface area is 90.0 Å². The van der Waals surface area contributed by atoms with E-state index in [9.17, 15) is 8.42 Å². The Morgan fingerprint density at radius 1 is 1.33 bits per heavy atom. The molecule has 1 aromatic rings. The summed E-state index contributed by atoms with van der Waals surface area (Å²) in [7, 11) is -3.51. The number of rotatable bonds is 4. The first-order valence-electron chi connectivity index (χ1n) is 4.68. The summed E-state index contributed by atoms with van der Waals surface area (Å²) >= 11 is 0. The minimum Gasteiger partial charge on any atom is -0.392 e. The Kier molecular flexibility index (Phi) is 3.84. The van der Waals surface area contributed by atoms with E-state index >= 15 is 0 Å². The summed E-state index contributed by atoms with van der Waals surface area (Å²) in [4.78, 5) is 0.140. The largest absolute Gasteiger partial charge is 0.392 e. The lowest BCUT2D eigenvalue weighted by Crippen LogP contribution is -2.30. The maximum Gasteiger partial charge on any atom is 0.241 e. The number of hydrogen-bond donors (Lipinski definition) is 2. The van der Waals surface area contributed by atoms with E-state index in [0.717, 1.165) is 0 Å². The van der Waals surface area contributed by atoms with Crippen molar-refractivity contribution in [2.24, 2.45) is 0 Å². The van der Waals surface area contributed by atoms with E-state index < -0.39 is 10.0 Å². The van der Waals surface area contributed by atoms with Crippen molar-refractivity contribution in [3.63, 3.8) is 0 Å². The summed E-state index contributed by atoms with van der Waals surface area (Å²) in [5.41, 5.74) is 0.408. The van der Waals surface area contributed by atoms with E-state index in [0.29, 0.717) is 5.56 Å². The molecule has 0 saturated heterocycles. The first-order valence-corrected chi connectivity index (χ1v) is 6.17. The van der Waals surface area contributed by atoms with Gasteiger partial charge in [-0.3, -0.25) is 0 Å². The molecule has 15 heavy (non-hydrogen) atoms. The Balaban J connectivity index is 3.15. The predicted molar refractivity (Wildman–Crippen MR) is 57.8 cm³/mol. The van der Waals surface area contributed by atoms with Crippen molar-refractivity contribution >= 4 is 10.0 Å². The van der Waals surface area contributed by atoms with Gasteiger partial charge in [0.25, 0.3) is 0 Å².